The quantitative estimate of drug-likeness (QED) is 0.801. The topological polar surface area (TPSA) is 106 Å². The number of nitrogens with zero attached hydrogens (tertiary/aromatic N) is 1. The van der Waals surface area contributed by atoms with Crippen molar-refractivity contribution in [2.24, 2.45) is 17.3 Å². The molecule has 120 valence electrons. The molecule has 0 bridgehead atoms. The Morgan fingerprint density at radius 3 is 2.50 bits per heavy atom. The summed E-state index contributed by atoms with van der Waals surface area (Å²) in [6.45, 7) is 7.14. The zero-order chi connectivity index (χ0) is 16.7. The Hall–Kier alpha value is -1.96. The molecule has 0 saturated heterocycles. The van der Waals surface area contributed by atoms with Crippen LogP contribution in [0.25, 0.3) is 0 Å². The van der Waals surface area contributed by atoms with Gasteiger partial charge in [-0.15, -0.1) is 11.3 Å². The van der Waals surface area contributed by atoms with Gasteiger partial charge in [0.2, 0.25) is 5.91 Å². The van der Waals surface area contributed by atoms with Crippen LogP contribution in [0, 0.1) is 24.2 Å². The first-order chi connectivity index (χ1) is 10.2. The van der Waals surface area contributed by atoms with Crippen molar-refractivity contribution in [3.8, 4) is 0 Å². The maximum atomic E-state index is 12.2. The van der Waals surface area contributed by atoms with Crippen molar-refractivity contribution in [2.75, 3.05) is 11.9 Å². The summed E-state index contributed by atoms with van der Waals surface area (Å²) in [6, 6.07) is 0. The first-order valence-electron chi connectivity index (χ1n) is 6.88. The molecule has 0 radical (unpaired) electrons. The number of aliphatic carboxylic acids is 1. The first-order valence-corrected chi connectivity index (χ1v) is 7.70. The number of nitrogens with one attached hydrogen (secondary N) is 1. The van der Waals surface area contributed by atoms with Crippen LogP contribution in [-0.4, -0.2) is 34.5 Å². The summed E-state index contributed by atoms with van der Waals surface area (Å²) in [5, 5.41) is 12.0. The van der Waals surface area contributed by atoms with Gasteiger partial charge in [-0.3, -0.25) is 9.59 Å². The molecule has 1 aliphatic carbocycles. The minimum atomic E-state index is -0.979. The van der Waals surface area contributed by atoms with E-state index in [1.54, 1.807) is 27.7 Å². The molecule has 2 unspecified atom stereocenters. The van der Waals surface area contributed by atoms with Crippen LogP contribution in [0.1, 0.15) is 36.1 Å². The number of rotatable bonds is 5. The number of anilines is 1. The van der Waals surface area contributed by atoms with Crippen molar-refractivity contribution in [1.82, 2.24) is 4.98 Å². The van der Waals surface area contributed by atoms with Crippen molar-refractivity contribution in [1.29, 1.82) is 0 Å². The molecule has 1 aromatic heterocycles. The molecular formula is C14H18N2O5S. The van der Waals surface area contributed by atoms with Gasteiger partial charge in [-0.25, -0.2) is 9.78 Å². The lowest BCUT2D eigenvalue weighted by molar-refractivity contribution is -0.140. The van der Waals surface area contributed by atoms with Gasteiger partial charge < -0.3 is 15.2 Å². The second kappa shape index (κ2) is 5.68. The summed E-state index contributed by atoms with van der Waals surface area (Å²) in [4.78, 5) is 39.7. The van der Waals surface area contributed by atoms with Crippen LogP contribution in [0.15, 0.2) is 0 Å². The van der Waals surface area contributed by atoms with E-state index in [2.05, 4.69) is 10.3 Å². The number of carboxylic acids is 1. The number of amides is 1. The highest BCUT2D eigenvalue weighted by Crippen LogP contribution is 2.58. The Bertz CT molecular complexity index is 637. The van der Waals surface area contributed by atoms with Gasteiger partial charge in [0, 0.05) is 4.88 Å². The molecule has 0 aliphatic heterocycles. The molecule has 1 aliphatic rings. The van der Waals surface area contributed by atoms with Crippen LogP contribution < -0.4 is 5.32 Å². The van der Waals surface area contributed by atoms with Crippen LogP contribution in [0.2, 0.25) is 0 Å². The first kappa shape index (κ1) is 16.4. The average molecular weight is 326 g/mol. The summed E-state index contributed by atoms with van der Waals surface area (Å²) in [6.07, 6.45) is 0. The molecule has 1 heterocycles. The zero-order valence-electron chi connectivity index (χ0n) is 12.8. The molecule has 8 heteroatoms. The molecule has 22 heavy (non-hydrogen) atoms. The third kappa shape index (κ3) is 2.83. The van der Waals surface area contributed by atoms with E-state index in [9.17, 15) is 14.4 Å². The van der Waals surface area contributed by atoms with Gasteiger partial charge in [-0.1, -0.05) is 13.8 Å². The summed E-state index contributed by atoms with van der Waals surface area (Å²) >= 11 is 1.16. The van der Waals surface area contributed by atoms with Crippen LogP contribution in [0.5, 0.6) is 0 Å². The number of esters is 1. The number of carboxylic acid groups (broad SMARTS) is 1. The monoisotopic (exact) mass is 326 g/mol. The highest BCUT2D eigenvalue weighted by Gasteiger charge is 2.66. The number of aromatic nitrogens is 1. The van der Waals surface area contributed by atoms with Crippen molar-refractivity contribution in [3.63, 3.8) is 0 Å². The predicted octanol–water partition coefficient (Wildman–Crippen LogP) is 1.92. The summed E-state index contributed by atoms with van der Waals surface area (Å²) in [5.41, 5.74) is -0.404. The summed E-state index contributed by atoms with van der Waals surface area (Å²) in [5.74, 6) is -3.19. The number of hydrogen-bond donors (Lipinski definition) is 2. The van der Waals surface area contributed by atoms with Crippen molar-refractivity contribution < 1.29 is 24.2 Å². The Morgan fingerprint density at radius 1 is 1.36 bits per heavy atom. The number of aryl methyl sites for hydroxylation is 1. The van der Waals surface area contributed by atoms with Gasteiger partial charge in [0.25, 0.3) is 0 Å². The summed E-state index contributed by atoms with van der Waals surface area (Å²) in [7, 11) is 0. The molecular weight excluding hydrogens is 308 g/mol. The highest BCUT2D eigenvalue weighted by molar-refractivity contribution is 7.16. The van der Waals surface area contributed by atoms with Crippen LogP contribution >= 0.6 is 11.3 Å². The maximum Gasteiger partial charge on any atom is 0.358 e. The standard InChI is InChI=1S/C14H18N2O5S/c1-5-21-12(20)9-6(2)22-13(15-9)16-10(17)7-8(11(18)19)14(7,3)4/h7-8H,5H2,1-4H3,(H,18,19)(H,15,16,17). The number of thiazole rings is 1. The molecule has 1 amide bonds. The molecule has 1 fully saturated rings. The van der Waals surface area contributed by atoms with E-state index in [0.29, 0.717) is 4.88 Å². The van der Waals surface area contributed by atoms with E-state index >= 15 is 0 Å². The minimum absolute atomic E-state index is 0.173. The smallest absolute Gasteiger partial charge is 0.358 e. The van der Waals surface area contributed by atoms with E-state index in [4.69, 9.17) is 9.84 Å². The van der Waals surface area contributed by atoms with E-state index in [0.717, 1.165) is 11.3 Å². The second-order valence-electron chi connectivity index (χ2n) is 5.75. The number of carbonyl (C=O) groups excluding carboxylic acids is 2. The molecule has 2 N–H and O–H groups in total. The third-order valence-electron chi connectivity index (χ3n) is 3.87. The fourth-order valence-electron chi connectivity index (χ4n) is 2.61. The van der Waals surface area contributed by atoms with Crippen molar-refractivity contribution in [3.05, 3.63) is 10.6 Å². The number of ether oxygens (including phenoxy) is 1. The Morgan fingerprint density at radius 2 is 2.00 bits per heavy atom. The lowest BCUT2D eigenvalue weighted by atomic mass is 10.1. The minimum Gasteiger partial charge on any atom is -0.481 e. The molecule has 0 aromatic carbocycles. The molecule has 7 nitrogen and oxygen atoms in total. The Labute approximate surface area is 131 Å². The highest BCUT2D eigenvalue weighted by atomic mass is 32.1. The van der Waals surface area contributed by atoms with Crippen molar-refractivity contribution in [2.45, 2.75) is 27.7 Å². The van der Waals surface area contributed by atoms with E-state index in [-0.39, 0.29) is 23.3 Å². The van der Waals surface area contributed by atoms with E-state index < -0.39 is 29.2 Å². The molecule has 0 spiro atoms. The van der Waals surface area contributed by atoms with Gasteiger partial charge in [-0.2, -0.15) is 0 Å². The predicted molar refractivity (Wildman–Crippen MR) is 79.8 cm³/mol. The van der Waals surface area contributed by atoms with Gasteiger partial charge in [0.15, 0.2) is 10.8 Å². The average Bonchev–Trinajstić information content (AvgIpc) is 2.80. The van der Waals surface area contributed by atoms with Crippen molar-refractivity contribution >= 4 is 34.3 Å². The van der Waals surface area contributed by atoms with Crippen LogP contribution in [-0.2, 0) is 14.3 Å². The maximum absolute atomic E-state index is 12.2. The van der Waals surface area contributed by atoms with E-state index in [1.807, 2.05) is 0 Å². The van der Waals surface area contributed by atoms with Gasteiger partial charge >= 0.3 is 11.9 Å². The largest absolute Gasteiger partial charge is 0.481 e. The molecule has 2 atom stereocenters. The molecule has 1 aromatic rings. The summed E-state index contributed by atoms with van der Waals surface area (Å²) < 4.78 is 4.88. The molecule has 1 saturated carbocycles. The van der Waals surface area contributed by atoms with Crippen LogP contribution in [0.4, 0.5) is 5.13 Å². The zero-order valence-corrected chi connectivity index (χ0v) is 13.6. The van der Waals surface area contributed by atoms with Gasteiger partial charge in [0.1, 0.15) is 0 Å². The Kier molecular flexibility index (Phi) is 4.23. The fraction of sp³-hybridized carbons (Fsp3) is 0.571. The van der Waals surface area contributed by atoms with E-state index in [1.165, 1.54) is 0 Å². The fourth-order valence-corrected chi connectivity index (χ4v) is 3.41. The van der Waals surface area contributed by atoms with Gasteiger partial charge in [0.05, 0.1) is 18.4 Å². The lowest BCUT2D eigenvalue weighted by Crippen LogP contribution is -2.17. The number of hydrogen-bond acceptors (Lipinski definition) is 6. The van der Waals surface area contributed by atoms with Crippen LogP contribution in [0.3, 0.4) is 0 Å². The second-order valence-corrected chi connectivity index (χ2v) is 6.95. The molecule has 2 rings (SSSR count). The SMILES string of the molecule is CCOC(=O)c1nc(NC(=O)C2C(C(=O)O)C2(C)C)sc1C. The van der Waals surface area contributed by atoms with Gasteiger partial charge in [-0.05, 0) is 19.3 Å². The lowest BCUT2D eigenvalue weighted by Gasteiger charge is -2.02. The Balaban J connectivity index is 2.09. The normalized spacial score (nSPS) is 22.0. The third-order valence-corrected chi connectivity index (χ3v) is 4.76. The number of carbonyl (C=O) groups is 3.